The van der Waals surface area contributed by atoms with Crippen molar-refractivity contribution in [1.29, 1.82) is 0 Å². The zero-order valence-corrected chi connectivity index (χ0v) is 10.8. The summed E-state index contributed by atoms with van der Waals surface area (Å²) in [4.78, 5) is 0. The molecule has 0 heterocycles. The summed E-state index contributed by atoms with van der Waals surface area (Å²) in [5.74, 6) is 1.61. The van der Waals surface area contributed by atoms with E-state index in [-0.39, 0.29) is 0 Å². The molecular formula is C15H25. The van der Waals surface area contributed by atoms with Crippen LogP contribution >= 0.6 is 0 Å². The summed E-state index contributed by atoms with van der Waals surface area (Å²) in [5, 5.41) is 0. The molecule has 0 aromatic rings. The standard InChI is InChI=1S/C15H25/c1-7-12(4)8-9-13-10-14(11(2)3)15(13,5)6/h7,13-14H,1-2,8-10H2,3-6H3. The average molecular weight is 205 g/mol. The van der Waals surface area contributed by atoms with Crippen molar-refractivity contribution in [2.75, 3.05) is 0 Å². The maximum atomic E-state index is 4.10. The second kappa shape index (κ2) is 4.55. The van der Waals surface area contributed by atoms with E-state index in [9.17, 15) is 0 Å². The maximum Gasteiger partial charge on any atom is -0.0152 e. The molecule has 0 aliphatic heterocycles. The van der Waals surface area contributed by atoms with Crippen molar-refractivity contribution in [3.63, 3.8) is 0 Å². The van der Waals surface area contributed by atoms with E-state index in [1.54, 1.807) is 0 Å². The number of rotatable bonds is 4. The molecular weight excluding hydrogens is 180 g/mol. The van der Waals surface area contributed by atoms with Crippen molar-refractivity contribution < 1.29 is 0 Å². The van der Waals surface area contributed by atoms with Crippen LogP contribution in [0.15, 0.2) is 23.8 Å². The lowest BCUT2D eigenvalue weighted by Crippen LogP contribution is -2.45. The highest BCUT2D eigenvalue weighted by Gasteiger charge is 2.47. The molecule has 85 valence electrons. The monoisotopic (exact) mass is 205 g/mol. The number of hydrogen-bond donors (Lipinski definition) is 0. The van der Waals surface area contributed by atoms with Crippen LogP contribution in [0.3, 0.4) is 0 Å². The molecule has 0 nitrogen and oxygen atoms in total. The molecule has 15 heavy (non-hydrogen) atoms. The molecule has 1 saturated carbocycles. The quantitative estimate of drug-likeness (QED) is 0.579. The molecule has 0 aromatic heterocycles. The fraction of sp³-hybridized carbons (Fsp3) is 0.667. The molecule has 0 saturated heterocycles. The second-order valence-corrected chi connectivity index (χ2v) is 5.74. The van der Waals surface area contributed by atoms with Crippen LogP contribution in [0.25, 0.3) is 0 Å². The molecule has 0 N–H and O–H groups in total. The molecule has 2 atom stereocenters. The summed E-state index contributed by atoms with van der Waals surface area (Å²) in [6.07, 6.45) is 5.85. The average Bonchev–Trinajstić information content (AvgIpc) is 2.15. The van der Waals surface area contributed by atoms with E-state index in [4.69, 9.17) is 0 Å². The Morgan fingerprint density at radius 1 is 1.40 bits per heavy atom. The molecule has 1 aliphatic rings. The van der Waals surface area contributed by atoms with Crippen molar-refractivity contribution in [2.45, 2.75) is 47.0 Å². The van der Waals surface area contributed by atoms with E-state index in [1.807, 2.05) is 6.08 Å². The summed E-state index contributed by atoms with van der Waals surface area (Å²) in [6, 6.07) is 0. The van der Waals surface area contributed by atoms with Gasteiger partial charge in [0, 0.05) is 0 Å². The van der Waals surface area contributed by atoms with Crippen molar-refractivity contribution >= 4 is 0 Å². The Bertz CT molecular complexity index is 268. The first-order valence-electron chi connectivity index (χ1n) is 5.99. The van der Waals surface area contributed by atoms with E-state index in [0.717, 1.165) is 11.8 Å². The topological polar surface area (TPSA) is 0 Å². The van der Waals surface area contributed by atoms with Gasteiger partial charge in [0.25, 0.3) is 0 Å². The molecule has 0 aromatic carbocycles. The van der Waals surface area contributed by atoms with Gasteiger partial charge in [0.2, 0.25) is 0 Å². The molecule has 2 unspecified atom stereocenters. The van der Waals surface area contributed by atoms with Crippen molar-refractivity contribution in [3.8, 4) is 0 Å². The van der Waals surface area contributed by atoms with Gasteiger partial charge in [0.05, 0.1) is 0 Å². The SMILES string of the molecule is [CH2]C=C(C)CCC1CC(C(=C)C)C1(C)C. The minimum atomic E-state index is 0.466. The summed E-state index contributed by atoms with van der Waals surface area (Å²) in [7, 11) is 0. The van der Waals surface area contributed by atoms with E-state index in [1.165, 1.54) is 30.4 Å². The van der Waals surface area contributed by atoms with Crippen LogP contribution in [0.2, 0.25) is 0 Å². The van der Waals surface area contributed by atoms with E-state index in [2.05, 4.69) is 41.2 Å². The van der Waals surface area contributed by atoms with Crippen molar-refractivity contribution in [2.24, 2.45) is 17.3 Å². The molecule has 1 fully saturated rings. The highest BCUT2D eigenvalue weighted by atomic mass is 14.5. The third-order valence-electron chi connectivity index (χ3n) is 4.30. The first kappa shape index (κ1) is 12.5. The maximum absolute atomic E-state index is 4.10. The largest absolute Gasteiger partial charge is 0.0998 e. The Morgan fingerprint density at radius 3 is 2.40 bits per heavy atom. The van der Waals surface area contributed by atoms with Gasteiger partial charge in [-0.05, 0) is 57.3 Å². The summed E-state index contributed by atoms with van der Waals surface area (Å²) < 4.78 is 0. The molecule has 0 bridgehead atoms. The second-order valence-electron chi connectivity index (χ2n) is 5.74. The first-order valence-corrected chi connectivity index (χ1v) is 5.99. The predicted molar refractivity (Wildman–Crippen MR) is 68.5 cm³/mol. The minimum absolute atomic E-state index is 0.466. The third-order valence-corrected chi connectivity index (χ3v) is 4.30. The van der Waals surface area contributed by atoms with Crippen LogP contribution in [0.5, 0.6) is 0 Å². The van der Waals surface area contributed by atoms with Gasteiger partial charge in [0.1, 0.15) is 0 Å². The van der Waals surface area contributed by atoms with Gasteiger partial charge < -0.3 is 0 Å². The van der Waals surface area contributed by atoms with Gasteiger partial charge in [0.15, 0.2) is 0 Å². The first-order chi connectivity index (χ1) is 6.89. The van der Waals surface area contributed by atoms with Gasteiger partial charge in [-0.2, -0.15) is 0 Å². The van der Waals surface area contributed by atoms with Crippen LogP contribution in [-0.2, 0) is 0 Å². The Labute approximate surface area is 95.5 Å². The Kier molecular flexibility index (Phi) is 3.81. The van der Waals surface area contributed by atoms with Crippen molar-refractivity contribution in [3.05, 3.63) is 30.7 Å². The van der Waals surface area contributed by atoms with Crippen LogP contribution in [0.1, 0.15) is 47.0 Å². The zero-order chi connectivity index (χ0) is 11.6. The van der Waals surface area contributed by atoms with E-state index >= 15 is 0 Å². The lowest BCUT2D eigenvalue weighted by atomic mass is 9.52. The highest BCUT2D eigenvalue weighted by Crippen LogP contribution is 2.55. The van der Waals surface area contributed by atoms with Crippen LogP contribution in [-0.4, -0.2) is 0 Å². The fourth-order valence-corrected chi connectivity index (χ4v) is 2.85. The van der Waals surface area contributed by atoms with Crippen LogP contribution in [0.4, 0.5) is 0 Å². The highest BCUT2D eigenvalue weighted by molar-refractivity contribution is 5.12. The van der Waals surface area contributed by atoms with Gasteiger partial charge in [-0.3, -0.25) is 0 Å². The lowest BCUT2D eigenvalue weighted by molar-refractivity contribution is -0.000926. The Balaban J connectivity index is 2.45. The summed E-state index contributed by atoms with van der Waals surface area (Å²) >= 11 is 0. The molecule has 0 heteroatoms. The molecule has 1 rings (SSSR count). The third kappa shape index (κ3) is 2.53. The lowest BCUT2D eigenvalue weighted by Gasteiger charge is -2.53. The molecule has 1 radical (unpaired) electrons. The van der Waals surface area contributed by atoms with E-state index in [0.29, 0.717) is 5.41 Å². The fourth-order valence-electron chi connectivity index (χ4n) is 2.85. The normalized spacial score (nSPS) is 29.8. The van der Waals surface area contributed by atoms with Gasteiger partial charge in [-0.1, -0.05) is 37.6 Å². The molecule has 1 aliphatic carbocycles. The van der Waals surface area contributed by atoms with Gasteiger partial charge in [-0.15, -0.1) is 0 Å². The Hall–Kier alpha value is -0.520. The molecule has 0 spiro atoms. The predicted octanol–water partition coefficient (Wildman–Crippen LogP) is 4.79. The zero-order valence-electron chi connectivity index (χ0n) is 10.8. The molecule has 0 amide bonds. The Morgan fingerprint density at radius 2 is 2.00 bits per heavy atom. The summed E-state index contributed by atoms with van der Waals surface area (Å²) in [6.45, 7) is 17.0. The van der Waals surface area contributed by atoms with Gasteiger partial charge >= 0.3 is 0 Å². The van der Waals surface area contributed by atoms with Gasteiger partial charge in [-0.25, -0.2) is 0 Å². The van der Waals surface area contributed by atoms with Crippen LogP contribution < -0.4 is 0 Å². The number of allylic oxidation sites excluding steroid dienone is 3. The minimum Gasteiger partial charge on any atom is -0.0998 e. The number of hydrogen-bond acceptors (Lipinski definition) is 0. The smallest absolute Gasteiger partial charge is 0.0152 e. The van der Waals surface area contributed by atoms with Crippen molar-refractivity contribution in [1.82, 2.24) is 0 Å². The summed E-state index contributed by atoms with van der Waals surface area (Å²) in [5.41, 5.74) is 3.25. The van der Waals surface area contributed by atoms with E-state index < -0.39 is 0 Å². The van der Waals surface area contributed by atoms with Crippen LogP contribution in [0, 0.1) is 24.2 Å².